The summed E-state index contributed by atoms with van der Waals surface area (Å²) in [5, 5.41) is 2.72. The van der Waals surface area contributed by atoms with Gasteiger partial charge in [-0.05, 0) is 44.7 Å². The van der Waals surface area contributed by atoms with Crippen LogP contribution >= 0.6 is 0 Å². The number of benzene rings is 1. The van der Waals surface area contributed by atoms with Crippen molar-refractivity contribution in [2.45, 2.75) is 45.1 Å². The molecule has 1 aromatic rings. The summed E-state index contributed by atoms with van der Waals surface area (Å²) in [6.07, 6.45) is 3.68. The Morgan fingerprint density at radius 2 is 1.63 bits per heavy atom. The van der Waals surface area contributed by atoms with Crippen molar-refractivity contribution < 1.29 is 19.2 Å². The van der Waals surface area contributed by atoms with Crippen LogP contribution in [-0.2, 0) is 9.59 Å². The largest absolute Gasteiger partial charge is 0.345 e. The Bertz CT molecular complexity index is 720. The number of piperidine rings is 1. The molecule has 7 nitrogen and oxygen atoms in total. The van der Waals surface area contributed by atoms with E-state index in [9.17, 15) is 19.2 Å². The number of nitrogens with one attached hydrogen (secondary N) is 1. The highest BCUT2D eigenvalue weighted by atomic mass is 16.2. The second-order valence-electron chi connectivity index (χ2n) is 7.09. The van der Waals surface area contributed by atoms with Crippen molar-refractivity contribution in [3.05, 3.63) is 35.4 Å². The number of nitrogens with zero attached hydrogens (tertiary/aromatic N) is 2. The predicted molar refractivity (Wildman–Crippen MR) is 99.1 cm³/mol. The number of imide groups is 1. The number of rotatable bonds is 6. The quantitative estimate of drug-likeness (QED) is 0.769. The van der Waals surface area contributed by atoms with E-state index in [0.717, 1.165) is 32.4 Å². The number of likely N-dealkylation sites (tertiary alicyclic amines) is 1. The third kappa shape index (κ3) is 4.18. The first kappa shape index (κ1) is 19.1. The normalized spacial score (nSPS) is 17.7. The third-order valence-electron chi connectivity index (χ3n) is 5.08. The molecule has 0 radical (unpaired) electrons. The van der Waals surface area contributed by atoms with E-state index in [-0.39, 0.29) is 36.6 Å². The fourth-order valence-electron chi connectivity index (χ4n) is 3.60. The molecule has 2 aliphatic heterocycles. The maximum Gasteiger partial charge on any atom is 0.261 e. The Hall–Kier alpha value is -2.70. The molecule has 0 aliphatic carbocycles. The van der Waals surface area contributed by atoms with Crippen LogP contribution in [0.4, 0.5) is 0 Å². The molecule has 7 heteroatoms. The number of carbonyl (C=O) groups excluding carboxylic acids is 4. The summed E-state index contributed by atoms with van der Waals surface area (Å²) in [6, 6.07) is 6.16. The molecule has 1 N–H and O–H groups in total. The molecule has 1 aromatic carbocycles. The molecule has 27 heavy (non-hydrogen) atoms. The van der Waals surface area contributed by atoms with Gasteiger partial charge in [-0.15, -0.1) is 0 Å². The molecule has 1 saturated heterocycles. The topological polar surface area (TPSA) is 86.8 Å². The van der Waals surface area contributed by atoms with Gasteiger partial charge in [0.2, 0.25) is 11.8 Å². The maximum absolute atomic E-state index is 12.3. The van der Waals surface area contributed by atoms with Gasteiger partial charge in [-0.1, -0.05) is 12.1 Å². The van der Waals surface area contributed by atoms with Crippen LogP contribution in [0.3, 0.4) is 0 Å². The molecule has 2 heterocycles. The van der Waals surface area contributed by atoms with Gasteiger partial charge in [0.05, 0.1) is 11.1 Å². The second-order valence-corrected chi connectivity index (χ2v) is 7.09. The molecule has 3 rings (SSSR count). The molecule has 0 bridgehead atoms. The predicted octanol–water partition coefficient (Wildman–Crippen LogP) is 1.58. The van der Waals surface area contributed by atoms with Crippen LogP contribution in [0.25, 0.3) is 0 Å². The van der Waals surface area contributed by atoms with Gasteiger partial charge in [-0.2, -0.15) is 0 Å². The first-order valence-electron chi connectivity index (χ1n) is 9.52. The fourth-order valence-corrected chi connectivity index (χ4v) is 3.60. The summed E-state index contributed by atoms with van der Waals surface area (Å²) >= 11 is 0. The molecule has 4 amide bonds. The zero-order valence-corrected chi connectivity index (χ0v) is 15.6. The van der Waals surface area contributed by atoms with Gasteiger partial charge in [0.25, 0.3) is 11.8 Å². The van der Waals surface area contributed by atoms with Gasteiger partial charge in [-0.25, -0.2) is 0 Å². The smallest absolute Gasteiger partial charge is 0.261 e. The molecule has 0 spiro atoms. The van der Waals surface area contributed by atoms with Crippen LogP contribution in [0.5, 0.6) is 0 Å². The van der Waals surface area contributed by atoms with Crippen LogP contribution in [0.2, 0.25) is 0 Å². The Kier molecular flexibility index (Phi) is 5.88. The lowest BCUT2D eigenvalue weighted by molar-refractivity contribution is -0.136. The average Bonchev–Trinajstić information content (AvgIpc) is 2.93. The SMILES string of the molecule is C[C@H](NC(=O)CCCN1C(=O)c2ccccc2C1=O)C(=O)N1CCCCC1. The van der Waals surface area contributed by atoms with E-state index < -0.39 is 6.04 Å². The molecule has 144 valence electrons. The van der Waals surface area contributed by atoms with Crippen molar-refractivity contribution in [3.63, 3.8) is 0 Å². The fraction of sp³-hybridized carbons (Fsp3) is 0.500. The lowest BCUT2D eigenvalue weighted by Crippen LogP contribution is -2.48. The summed E-state index contributed by atoms with van der Waals surface area (Å²) in [5.74, 6) is -0.929. The van der Waals surface area contributed by atoms with Gasteiger partial charge >= 0.3 is 0 Å². The van der Waals surface area contributed by atoms with Gasteiger partial charge in [0, 0.05) is 26.1 Å². The van der Waals surface area contributed by atoms with Crippen molar-refractivity contribution in [1.82, 2.24) is 15.1 Å². The van der Waals surface area contributed by atoms with Gasteiger partial charge in [0.15, 0.2) is 0 Å². The Morgan fingerprint density at radius 1 is 1.04 bits per heavy atom. The molecule has 1 atom stereocenters. The number of hydrogen-bond donors (Lipinski definition) is 1. The van der Waals surface area contributed by atoms with Crippen LogP contribution < -0.4 is 5.32 Å². The van der Waals surface area contributed by atoms with E-state index in [4.69, 9.17) is 0 Å². The molecule has 2 aliphatic rings. The number of fused-ring (bicyclic) bond motifs is 1. The zero-order chi connectivity index (χ0) is 19.4. The number of amides is 4. The first-order valence-corrected chi connectivity index (χ1v) is 9.52. The van der Waals surface area contributed by atoms with Crippen molar-refractivity contribution in [3.8, 4) is 0 Å². The van der Waals surface area contributed by atoms with Crippen molar-refractivity contribution >= 4 is 23.6 Å². The van der Waals surface area contributed by atoms with Crippen molar-refractivity contribution in [1.29, 1.82) is 0 Å². The van der Waals surface area contributed by atoms with Crippen LogP contribution in [0, 0.1) is 0 Å². The van der Waals surface area contributed by atoms with Crippen LogP contribution in [-0.4, -0.2) is 59.1 Å². The second kappa shape index (κ2) is 8.33. The van der Waals surface area contributed by atoms with Gasteiger partial charge in [-0.3, -0.25) is 24.1 Å². The molecule has 0 unspecified atom stereocenters. The van der Waals surface area contributed by atoms with Crippen LogP contribution in [0.15, 0.2) is 24.3 Å². The van der Waals surface area contributed by atoms with E-state index in [2.05, 4.69) is 5.32 Å². The highest BCUT2D eigenvalue weighted by Crippen LogP contribution is 2.22. The Morgan fingerprint density at radius 3 is 2.22 bits per heavy atom. The molecular weight excluding hydrogens is 346 g/mol. The Balaban J connectivity index is 1.44. The molecule has 1 fully saturated rings. The van der Waals surface area contributed by atoms with E-state index in [1.165, 1.54) is 4.90 Å². The minimum atomic E-state index is -0.560. The zero-order valence-electron chi connectivity index (χ0n) is 15.6. The third-order valence-corrected chi connectivity index (χ3v) is 5.08. The maximum atomic E-state index is 12.3. The highest BCUT2D eigenvalue weighted by Gasteiger charge is 2.34. The number of hydrogen-bond acceptors (Lipinski definition) is 4. The highest BCUT2D eigenvalue weighted by molar-refractivity contribution is 6.21. The van der Waals surface area contributed by atoms with E-state index >= 15 is 0 Å². The summed E-state index contributed by atoms with van der Waals surface area (Å²) in [7, 11) is 0. The van der Waals surface area contributed by atoms with E-state index in [0.29, 0.717) is 17.5 Å². The summed E-state index contributed by atoms with van der Waals surface area (Å²) in [4.78, 5) is 52.0. The minimum Gasteiger partial charge on any atom is -0.345 e. The monoisotopic (exact) mass is 371 g/mol. The number of carbonyl (C=O) groups is 4. The molecular formula is C20H25N3O4. The van der Waals surface area contributed by atoms with Crippen molar-refractivity contribution in [2.75, 3.05) is 19.6 Å². The lowest BCUT2D eigenvalue weighted by Gasteiger charge is -2.29. The minimum absolute atomic E-state index is 0.0524. The van der Waals surface area contributed by atoms with Gasteiger partial charge in [0.1, 0.15) is 6.04 Å². The molecule has 0 saturated carbocycles. The van der Waals surface area contributed by atoms with E-state index in [1.807, 2.05) is 0 Å². The average molecular weight is 371 g/mol. The summed E-state index contributed by atoms with van der Waals surface area (Å²) in [5.41, 5.74) is 0.820. The summed E-state index contributed by atoms with van der Waals surface area (Å²) < 4.78 is 0. The van der Waals surface area contributed by atoms with Crippen LogP contribution in [0.1, 0.15) is 59.7 Å². The first-order chi connectivity index (χ1) is 13.0. The van der Waals surface area contributed by atoms with Gasteiger partial charge < -0.3 is 10.2 Å². The summed E-state index contributed by atoms with van der Waals surface area (Å²) in [6.45, 7) is 3.38. The Labute approximate surface area is 158 Å². The standard InChI is InChI=1S/C20H25N3O4/c1-14(18(25)22-11-5-2-6-12-22)21-17(24)10-7-13-23-19(26)15-8-3-4-9-16(15)20(23)27/h3-4,8-9,14H,2,5-7,10-13H2,1H3,(H,21,24)/t14-/m0/s1. The van der Waals surface area contributed by atoms with Crippen molar-refractivity contribution in [2.24, 2.45) is 0 Å². The molecule has 0 aromatic heterocycles. The lowest BCUT2D eigenvalue weighted by atomic mass is 10.1. The van der Waals surface area contributed by atoms with E-state index in [1.54, 1.807) is 36.1 Å².